The number of fused-ring (bicyclic) bond motifs is 3. The molecule has 2 aromatic rings. The topological polar surface area (TPSA) is 0 Å². The number of benzene rings is 2. The Kier molecular flexibility index (Phi) is 3.62. The molecule has 1 saturated carbocycles. The summed E-state index contributed by atoms with van der Waals surface area (Å²) in [6, 6.07) is 16.0. The first-order chi connectivity index (χ1) is 10.8. The fourth-order valence-electron chi connectivity index (χ4n) is 4.14. The summed E-state index contributed by atoms with van der Waals surface area (Å²) in [6.45, 7) is 2.21. The molecule has 22 heavy (non-hydrogen) atoms. The Morgan fingerprint density at radius 1 is 0.636 bits per heavy atom. The maximum Gasteiger partial charge on any atom is -0.00968 e. The van der Waals surface area contributed by atoms with Gasteiger partial charge in [-0.05, 0) is 60.4 Å². The third-order valence-corrected chi connectivity index (χ3v) is 5.24. The Morgan fingerprint density at radius 3 is 2.05 bits per heavy atom. The molecule has 0 spiro atoms. The van der Waals surface area contributed by atoms with E-state index in [0.717, 1.165) is 0 Å². The van der Waals surface area contributed by atoms with E-state index in [1.807, 2.05) is 0 Å². The zero-order chi connectivity index (χ0) is 14.9. The molecule has 0 heterocycles. The molecule has 0 atom stereocenters. The van der Waals surface area contributed by atoms with Gasteiger partial charge in [-0.3, -0.25) is 0 Å². The maximum absolute atomic E-state index is 2.40. The second-order valence-corrected chi connectivity index (χ2v) is 6.84. The minimum atomic E-state index is 1.29. The highest BCUT2D eigenvalue weighted by Crippen LogP contribution is 2.47. The highest BCUT2D eigenvalue weighted by molar-refractivity contribution is 6.02. The van der Waals surface area contributed by atoms with Crippen molar-refractivity contribution in [3.63, 3.8) is 0 Å². The van der Waals surface area contributed by atoms with Crippen LogP contribution in [0.15, 0.2) is 48.0 Å². The average molecular weight is 288 g/mol. The molecule has 2 aromatic carbocycles. The summed E-state index contributed by atoms with van der Waals surface area (Å²) in [5, 5.41) is 0. The second-order valence-electron chi connectivity index (χ2n) is 6.84. The van der Waals surface area contributed by atoms with Crippen molar-refractivity contribution in [1.82, 2.24) is 0 Å². The van der Waals surface area contributed by atoms with Crippen LogP contribution < -0.4 is 0 Å². The van der Waals surface area contributed by atoms with Crippen LogP contribution in [0.3, 0.4) is 0 Å². The van der Waals surface area contributed by atoms with Gasteiger partial charge in [0.25, 0.3) is 0 Å². The van der Waals surface area contributed by atoms with Crippen LogP contribution in [0.2, 0.25) is 0 Å². The van der Waals surface area contributed by atoms with Gasteiger partial charge < -0.3 is 0 Å². The quantitative estimate of drug-likeness (QED) is 0.441. The summed E-state index contributed by atoms with van der Waals surface area (Å²) in [5.41, 5.74) is 10.5. The van der Waals surface area contributed by atoms with Gasteiger partial charge >= 0.3 is 0 Å². The van der Waals surface area contributed by atoms with Crippen LogP contribution in [-0.4, -0.2) is 0 Å². The monoisotopic (exact) mass is 288 g/mol. The Morgan fingerprint density at radius 2 is 1.27 bits per heavy atom. The lowest BCUT2D eigenvalue weighted by atomic mass is 9.88. The lowest BCUT2D eigenvalue weighted by Gasteiger charge is -2.17. The third-order valence-electron chi connectivity index (χ3n) is 5.24. The molecule has 0 heteroatoms. The van der Waals surface area contributed by atoms with Gasteiger partial charge in [-0.15, -0.1) is 0 Å². The lowest BCUT2D eigenvalue weighted by Crippen LogP contribution is -1.96. The van der Waals surface area contributed by atoms with Gasteiger partial charge in [0, 0.05) is 0 Å². The number of hydrogen-bond donors (Lipinski definition) is 0. The van der Waals surface area contributed by atoms with Crippen molar-refractivity contribution in [2.75, 3.05) is 0 Å². The van der Waals surface area contributed by atoms with Crippen LogP contribution in [-0.2, 0) is 0 Å². The van der Waals surface area contributed by atoms with Crippen LogP contribution in [0.5, 0.6) is 0 Å². The first-order valence-corrected chi connectivity index (χ1v) is 8.77. The van der Waals surface area contributed by atoms with E-state index in [1.54, 1.807) is 11.1 Å². The van der Waals surface area contributed by atoms with E-state index >= 15 is 0 Å². The standard InChI is InChI=1S/C22H24/c1-16-13-14-19-18-11-7-8-12-20(18)22(21(19)15-16)17-9-5-3-2-4-6-10-17/h7-8,11-15H,2-6,9-10H2,1H3. The largest absolute Gasteiger partial charge is 0.0617 e. The van der Waals surface area contributed by atoms with Gasteiger partial charge in [0.15, 0.2) is 0 Å². The first kappa shape index (κ1) is 13.8. The van der Waals surface area contributed by atoms with Gasteiger partial charge in [0.2, 0.25) is 0 Å². The highest BCUT2D eigenvalue weighted by atomic mass is 14.3. The van der Waals surface area contributed by atoms with Crippen LogP contribution in [0.1, 0.15) is 61.6 Å². The predicted octanol–water partition coefficient (Wildman–Crippen LogP) is 6.52. The molecular weight excluding hydrogens is 264 g/mol. The van der Waals surface area contributed by atoms with E-state index < -0.39 is 0 Å². The van der Waals surface area contributed by atoms with Gasteiger partial charge in [-0.1, -0.05) is 72.9 Å². The molecule has 0 amide bonds. The Hall–Kier alpha value is -1.82. The van der Waals surface area contributed by atoms with Crippen LogP contribution in [0, 0.1) is 6.92 Å². The Balaban J connectivity index is 1.93. The van der Waals surface area contributed by atoms with Gasteiger partial charge in [-0.2, -0.15) is 0 Å². The van der Waals surface area contributed by atoms with Crippen molar-refractivity contribution in [1.29, 1.82) is 0 Å². The minimum absolute atomic E-state index is 1.29. The molecule has 1 fully saturated rings. The van der Waals surface area contributed by atoms with E-state index in [0.29, 0.717) is 0 Å². The summed E-state index contributed by atoms with van der Waals surface area (Å²) in [4.78, 5) is 0. The molecule has 0 nitrogen and oxygen atoms in total. The van der Waals surface area contributed by atoms with Gasteiger partial charge in [0.1, 0.15) is 0 Å². The number of hydrogen-bond acceptors (Lipinski definition) is 0. The smallest absolute Gasteiger partial charge is 0.00968 e. The van der Waals surface area contributed by atoms with Crippen molar-refractivity contribution in [3.8, 4) is 11.1 Å². The SMILES string of the molecule is Cc1ccc2c(c1)C(=C1CCCCCCC1)c1ccccc1-2. The van der Waals surface area contributed by atoms with E-state index in [1.165, 1.54) is 72.8 Å². The average Bonchev–Trinajstić information content (AvgIpc) is 2.81. The molecule has 112 valence electrons. The van der Waals surface area contributed by atoms with E-state index in [9.17, 15) is 0 Å². The van der Waals surface area contributed by atoms with Crippen molar-refractivity contribution in [2.24, 2.45) is 0 Å². The van der Waals surface area contributed by atoms with Gasteiger partial charge in [-0.25, -0.2) is 0 Å². The van der Waals surface area contributed by atoms with Crippen LogP contribution in [0.25, 0.3) is 16.7 Å². The first-order valence-electron chi connectivity index (χ1n) is 8.77. The molecule has 0 saturated heterocycles. The highest BCUT2D eigenvalue weighted by Gasteiger charge is 2.25. The van der Waals surface area contributed by atoms with Crippen molar-refractivity contribution in [3.05, 3.63) is 64.7 Å². The van der Waals surface area contributed by atoms with Crippen molar-refractivity contribution < 1.29 is 0 Å². The predicted molar refractivity (Wildman–Crippen MR) is 95.0 cm³/mol. The zero-order valence-corrected chi connectivity index (χ0v) is 13.5. The van der Waals surface area contributed by atoms with Crippen molar-refractivity contribution in [2.45, 2.75) is 51.9 Å². The lowest BCUT2D eigenvalue weighted by molar-refractivity contribution is 0.570. The molecule has 4 rings (SSSR count). The molecule has 0 unspecified atom stereocenters. The number of aryl methyl sites for hydroxylation is 1. The van der Waals surface area contributed by atoms with E-state index in [2.05, 4.69) is 49.4 Å². The number of rotatable bonds is 0. The van der Waals surface area contributed by atoms with E-state index in [-0.39, 0.29) is 0 Å². The van der Waals surface area contributed by atoms with E-state index in [4.69, 9.17) is 0 Å². The maximum atomic E-state index is 2.40. The van der Waals surface area contributed by atoms with Crippen LogP contribution >= 0.6 is 0 Å². The molecule has 0 bridgehead atoms. The third kappa shape index (κ3) is 2.31. The second kappa shape index (κ2) is 5.76. The molecular formula is C22H24. The minimum Gasteiger partial charge on any atom is -0.0617 e. The molecule has 0 radical (unpaired) electrons. The Labute approximate surface area is 133 Å². The molecule has 2 aliphatic rings. The molecule has 0 aromatic heterocycles. The zero-order valence-electron chi connectivity index (χ0n) is 13.5. The summed E-state index contributed by atoms with van der Waals surface area (Å²) in [5.74, 6) is 0. The fourth-order valence-corrected chi connectivity index (χ4v) is 4.14. The summed E-state index contributed by atoms with van der Waals surface area (Å²) in [6.07, 6.45) is 9.53. The number of allylic oxidation sites excluding steroid dienone is 1. The summed E-state index contributed by atoms with van der Waals surface area (Å²) < 4.78 is 0. The molecule has 0 N–H and O–H groups in total. The molecule has 0 aliphatic heterocycles. The fraction of sp³-hybridized carbons (Fsp3) is 0.364. The Bertz CT molecular complexity index is 723. The summed E-state index contributed by atoms with van der Waals surface area (Å²) >= 11 is 0. The van der Waals surface area contributed by atoms with Crippen LogP contribution in [0.4, 0.5) is 0 Å². The van der Waals surface area contributed by atoms with Gasteiger partial charge in [0.05, 0.1) is 0 Å². The molecule has 2 aliphatic carbocycles. The van der Waals surface area contributed by atoms with Crippen molar-refractivity contribution >= 4 is 5.57 Å². The summed E-state index contributed by atoms with van der Waals surface area (Å²) in [7, 11) is 0. The normalized spacial score (nSPS) is 17.7.